The van der Waals surface area contributed by atoms with Crippen molar-refractivity contribution >= 4 is 0 Å². The second-order valence-corrected chi connectivity index (χ2v) is 6.56. The summed E-state index contributed by atoms with van der Waals surface area (Å²) >= 11 is 0. The highest BCUT2D eigenvalue weighted by atomic mass is 19.4. The number of alkyl halides is 5. The van der Waals surface area contributed by atoms with E-state index in [4.69, 9.17) is 5.11 Å². The molecule has 3 aliphatic rings. The van der Waals surface area contributed by atoms with E-state index in [1.54, 1.807) is 0 Å². The lowest BCUT2D eigenvalue weighted by molar-refractivity contribution is -0.325. The molecule has 0 spiro atoms. The van der Waals surface area contributed by atoms with Crippen LogP contribution in [0.3, 0.4) is 0 Å². The molecule has 116 valence electrons. The first kappa shape index (κ1) is 14.5. The Labute approximate surface area is 113 Å². The average molecular weight is 300 g/mol. The molecule has 0 aliphatic heterocycles. The maximum absolute atomic E-state index is 14.1. The molecule has 0 saturated heterocycles. The van der Waals surface area contributed by atoms with Crippen molar-refractivity contribution in [3.8, 4) is 0 Å². The van der Waals surface area contributed by atoms with Crippen molar-refractivity contribution in [1.29, 1.82) is 0 Å². The second kappa shape index (κ2) is 4.06. The summed E-state index contributed by atoms with van der Waals surface area (Å²) < 4.78 is 65.5. The SMILES string of the molecule is OC(C(F)(F)F)C(F)(F)C1(O)CC2CC1C1CCCC21. The van der Waals surface area contributed by atoms with E-state index in [1.165, 1.54) is 0 Å². The molecule has 6 atom stereocenters. The van der Waals surface area contributed by atoms with Gasteiger partial charge in [0.25, 0.3) is 0 Å². The van der Waals surface area contributed by atoms with Gasteiger partial charge in [-0.3, -0.25) is 0 Å². The van der Waals surface area contributed by atoms with Gasteiger partial charge in [-0.25, -0.2) is 8.78 Å². The number of fused-ring (bicyclic) bond motifs is 5. The van der Waals surface area contributed by atoms with Gasteiger partial charge in [-0.2, -0.15) is 13.2 Å². The van der Waals surface area contributed by atoms with Crippen molar-refractivity contribution < 1.29 is 32.2 Å². The molecule has 0 aromatic carbocycles. The van der Waals surface area contributed by atoms with E-state index in [-0.39, 0.29) is 24.2 Å². The van der Waals surface area contributed by atoms with Gasteiger partial charge in [0.1, 0.15) is 5.60 Å². The van der Waals surface area contributed by atoms with Crippen LogP contribution in [0.4, 0.5) is 22.0 Å². The van der Waals surface area contributed by atoms with E-state index in [1.807, 2.05) is 0 Å². The fourth-order valence-electron chi connectivity index (χ4n) is 4.94. The highest BCUT2D eigenvalue weighted by Gasteiger charge is 2.74. The van der Waals surface area contributed by atoms with Crippen LogP contribution in [-0.4, -0.2) is 34.0 Å². The van der Waals surface area contributed by atoms with E-state index in [0.29, 0.717) is 12.8 Å². The van der Waals surface area contributed by atoms with Gasteiger partial charge in [0, 0.05) is 0 Å². The third kappa shape index (κ3) is 1.68. The van der Waals surface area contributed by atoms with Crippen LogP contribution in [0.15, 0.2) is 0 Å². The van der Waals surface area contributed by atoms with Crippen LogP contribution >= 0.6 is 0 Å². The summed E-state index contributed by atoms with van der Waals surface area (Å²) in [5.41, 5.74) is -2.72. The molecule has 6 unspecified atom stereocenters. The molecule has 0 amide bonds. The highest BCUT2D eigenvalue weighted by Crippen LogP contribution is 2.66. The van der Waals surface area contributed by atoms with Crippen molar-refractivity contribution in [3.63, 3.8) is 0 Å². The Morgan fingerprint density at radius 3 is 2.25 bits per heavy atom. The fraction of sp³-hybridized carbons (Fsp3) is 1.00. The number of halogens is 5. The number of hydrogen-bond acceptors (Lipinski definition) is 2. The van der Waals surface area contributed by atoms with Gasteiger partial charge in [0.15, 0.2) is 0 Å². The third-order valence-corrected chi connectivity index (χ3v) is 5.72. The van der Waals surface area contributed by atoms with Gasteiger partial charge in [-0.1, -0.05) is 6.42 Å². The molecule has 2 N–H and O–H groups in total. The number of hydrogen-bond donors (Lipinski definition) is 2. The summed E-state index contributed by atoms with van der Waals surface area (Å²) in [6.07, 6.45) is -6.74. The zero-order chi connectivity index (χ0) is 14.9. The van der Waals surface area contributed by atoms with Gasteiger partial charge in [-0.15, -0.1) is 0 Å². The Morgan fingerprint density at radius 2 is 1.65 bits per heavy atom. The molecule has 0 radical (unpaired) electrons. The van der Waals surface area contributed by atoms with Gasteiger partial charge in [0.05, 0.1) is 0 Å². The third-order valence-electron chi connectivity index (χ3n) is 5.72. The molecule has 2 bridgehead atoms. The van der Waals surface area contributed by atoms with Gasteiger partial charge in [0.2, 0.25) is 6.10 Å². The summed E-state index contributed by atoms with van der Waals surface area (Å²) in [6.45, 7) is 0. The lowest BCUT2D eigenvalue weighted by Gasteiger charge is -2.45. The van der Waals surface area contributed by atoms with Crippen molar-refractivity contribution in [2.45, 2.75) is 55.9 Å². The second-order valence-electron chi connectivity index (χ2n) is 6.56. The molecule has 20 heavy (non-hydrogen) atoms. The molecule has 0 aromatic rings. The van der Waals surface area contributed by atoms with Crippen molar-refractivity contribution in [2.75, 3.05) is 0 Å². The van der Waals surface area contributed by atoms with E-state index < -0.39 is 29.7 Å². The molecule has 7 heteroatoms. The van der Waals surface area contributed by atoms with Gasteiger partial charge < -0.3 is 10.2 Å². The zero-order valence-corrected chi connectivity index (χ0v) is 10.7. The van der Waals surface area contributed by atoms with Crippen molar-refractivity contribution in [2.24, 2.45) is 23.7 Å². The van der Waals surface area contributed by atoms with Gasteiger partial charge in [-0.05, 0) is 49.4 Å². The predicted molar refractivity (Wildman–Crippen MR) is 59.0 cm³/mol. The maximum atomic E-state index is 14.1. The normalized spacial score (nSPS) is 45.8. The van der Waals surface area contributed by atoms with Crippen LogP contribution in [0, 0.1) is 23.7 Å². The largest absolute Gasteiger partial charge is 0.420 e. The summed E-state index contributed by atoms with van der Waals surface area (Å²) in [7, 11) is 0. The Kier molecular flexibility index (Phi) is 2.95. The Balaban J connectivity index is 1.90. The lowest BCUT2D eigenvalue weighted by atomic mass is 9.69. The minimum atomic E-state index is -5.43. The van der Waals surface area contributed by atoms with E-state index >= 15 is 0 Å². The summed E-state index contributed by atoms with van der Waals surface area (Å²) in [6, 6.07) is 0. The molecule has 3 aliphatic carbocycles. The maximum Gasteiger partial charge on any atom is 0.420 e. The highest BCUT2D eigenvalue weighted by molar-refractivity contribution is 5.16. The summed E-state index contributed by atoms with van der Waals surface area (Å²) in [5, 5.41) is 19.3. The van der Waals surface area contributed by atoms with Crippen LogP contribution in [0.5, 0.6) is 0 Å². The first-order valence-corrected chi connectivity index (χ1v) is 6.94. The van der Waals surface area contributed by atoms with Crippen molar-refractivity contribution in [1.82, 2.24) is 0 Å². The monoisotopic (exact) mass is 300 g/mol. The minimum Gasteiger partial charge on any atom is -0.383 e. The molecule has 3 fully saturated rings. The number of aliphatic hydroxyl groups is 2. The quantitative estimate of drug-likeness (QED) is 0.770. The molecule has 3 rings (SSSR count). The standard InChI is InChI=1S/C13H17F5O2/c14-12(15,10(19)13(16,17)18)11(20)5-6-4-9(11)8-3-1-2-7(6)8/h6-10,19-20H,1-5H2. The minimum absolute atomic E-state index is 0.120. The predicted octanol–water partition coefficient (Wildman–Crippen LogP) is 2.73. The van der Waals surface area contributed by atoms with Gasteiger partial charge >= 0.3 is 12.1 Å². The first-order chi connectivity index (χ1) is 9.09. The Hall–Kier alpha value is -0.430. The van der Waals surface area contributed by atoms with E-state index in [9.17, 15) is 27.1 Å². The molecule has 3 saturated carbocycles. The zero-order valence-electron chi connectivity index (χ0n) is 10.7. The number of rotatable bonds is 2. The molecular weight excluding hydrogens is 283 g/mol. The number of aliphatic hydroxyl groups excluding tert-OH is 1. The summed E-state index contributed by atoms with van der Waals surface area (Å²) in [5.74, 6) is -5.38. The van der Waals surface area contributed by atoms with E-state index in [0.717, 1.165) is 12.8 Å². The molecule has 0 heterocycles. The van der Waals surface area contributed by atoms with Crippen LogP contribution in [0.2, 0.25) is 0 Å². The Morgan fingerprint density at radius 1 is 1.05 bits per heavy atom. The van der Waals surface area contributed by atoms with Crippen LogP contribution < -0.4 is 0 Å². The smallest absolute Gasteiger partial charge is 0.383 e. The molecular formula is C13H17F5O2. The lowest BCUT2D eigenvalue weighted by Crippen LogP contribution is -2.63. The van der Waals surface area contributed by atoms with E-state index in [2.05, 4.69) is 0 Å². The van der Waals surface area contributed by atoms with Crippen LogP contribution in [0.25, 0.3) is 0 Å². The van der Waals surface area contributed by atoms with Crippen molar-refractivity contribution in [3.05, 3.63) is 0 Å². The first-order valence-electron chi connectivity index (χ1n) is 6.94. The topological polar surface area (TPSA) is 40.5 Å². The molecule has 0 aromatic heterocycles. The van der Waals surface area contributed by atoms with Crippen LogP contribution in [0.1, 0.15) is 32.1 Å². The Bertz CT molecular complexity index is 410. The fourth-order valence-corrected chi connectivity index (χ4v) is 4.94. The molecule has 2 nitrogen and oxygen atoms in total. The van der Waals surface area contributed by atoms with Crippen LogP contribution in [-0.2, 0) is 0 Å². The average Bonchev–Trinajstić information content (AvgIpc) is 2.96. The summed E-state index contributed by atoms with van der Waals surface area (Å²) in [4.78, 5) is 0.